The van der Waals surface area contributed by atoms with Crippen molar-refractivity contribution in [2.75, 3.05) is 6.61 Å². The minimum atomic E-state index is -0.216. The Morgan fingerprint density at radius 3 is 2.79 bits per heavy atom. The van der Waals surface area contributed by atoms with Crippen LogP contribution in [-0.4, -0.2) is 17.5 Å². The molecule has 0 aliphatic rings. The second kappa shape index (κ2) is 7.16. The lowest BCUT2D eigenvalue weighted by Gasteiger charge is -2.09. The standard InChI is InChI=1S/C18H16Cl2N2O2/c1-11-6-13-7-12(2-4-16(13)22-11)9-21-18(23)10-24-17-5-3-14(19)8-15(17)20/h2-8,22H,9-10H2,1H3,(H,21,23). The molecule has 4 nitrogen and oxygen atoms in total. The summed E-state index contributed by atoms with van der Waals surface area (Å²) in [5.41, 5.74) is 3.22. The Morgan fingerprint density at radius 2 is 2.00 bits per heavy atom. The van der Waals surface area contributed by atoms with Crippen LogP contribution < -0.4 is 10.1 Å². The Morgan fingerprint density at radius 1 is 1.17 bits per heavy atom. The van der Waals surface area contributed by atoms with E-state index in [2.05, 4.69) is 22.4 Å². The summed E-state index contributed by atoms with van der Waals surface area (Å²) < 4.78 is 5.41. The number of fused-ring (bicyclic) bond motifs is 1. The number of aryl methyl sites for hydroxylation is 1. The van der Waals surface area contributed by atoms with Gasteiger partial charge in [-0.15, -0.1) is 0 Å². The van der Waals surface area contributed by atoms with Gasteiger partial charge in [-0.2, -0.15) is 0 Å². The zero-order valence-corrected chi connectivity index (χ0v) is 14.5. The van der Waals surface area contributed by atoms with Gasteiger partial charge >= 0.3 is 0 Å². The summed E-state index contributed by atoms with van der Waals surface area (Å²) in [4.78, 5) is 15.2. The molecule has 3 aromatic rings. The molecular formula is C18H16Cl2N2O2. The van der Waals surface area contributed by atoms with Crippen molar-refractivity contribution >= 4 is 40.0 Å². The first-order valence-electron chi connectivity index (χ1n) is 7.44. The van der Waals surface area contributed by atoms with E-state index in [1.165, 1.54) is 0 Å². The highest BCUT2D eigenvalue weighted by Crippen LogP contribution is 2.27. The Bertz CT molecular complexity index is 890. The molecule has 0 aliphatic heterocycles. The van der Waals surface area contributed by atoms with Crippen molar-refractivity contribution in [1.82, 2.24) is 10.3 Å². The van der Waals surface area contributed by atoms with Crippen LogP contribution in [0.4, 0.5) is 0 Å². The van der Waals surface area contributed by atoms with Crippen LogP contribution >= 0.6 is 23.2 Å². The second-order valence-electron chi connectivity index (χ2n) is 5.51. The minimum Gasteiger partial charge on any atom is -0.482 e. The number of rotatable bonds is 5. The summed E-state index contributed by atoms with van der Waals surface area (Å²) in [7, 11) is 0. The first-order chi connectivity index (χ1) is 11.5. The van der Waals surface area contributed by atoms with E-state index in [-0.39, 0.29) is 12.5 Å². The van der Waals surface area contributed by atoms with Crippen LogP contribution in [0.2, 0.25) is 10.0 Å². The quantitative estimate of drug-likeness (QED) is 0.702. The third-order valence-electron chi connectivity index (χ3n) is 3.56. The van der Waals surface area contributed by atoms with Gasteiger partial charge in [-0.3, -0.25) is 4.79 Å². The number of halogens is 2. The van der Waals surface area contributed by atoms with Crippen LogP contribution in [0.3, 0.4) is 0 Å². The molecule has 0 saturated carbocycles. The Labute approximate surface area is 149 Å². The van der Waals surface area contributed by atoms with Gasteiger partial charge in [0.05, 0.1) is 5.02 Å². The maximum absolute atomic E-state index is 11.9. The number of carbonyl (C=O) groups is 1. The lowest BCUT2D eigenvalue weighted by molar-refractivity contribution is -0.123. The van der Waals surface area contributed by atoms with Crippen molar-refractivity contribution in [3.05, 3.63) is 63.8 Å². The first-order valence-corrected chi connectivity index (χ1v) is 8.19. The highest BCUT2D eigenvalue weighted by atomic mass is 35.5. The van der Waals surface area contributed by atoms with Crippen molar-refractivity contribution in [1.29, 1.82) is 0 Å². The predicted molar refractivity (Wildman–Crippen MR) is 96.8 cm³/mol. The Balaban J connectivity index is 1.54. The number of nitrogens with one attached hydrogen (secondary N) is 2. The first kappa shape index (κ1) is 16.7. The average molecular weight is 363 g/mol. The fraction of sp³-hybridized carbons (Fsp3) is 0.167. The summed E-state index contributed by atoms with van der Waals surface area (Å²) in [6.45, 7) is 2.35. The van der Waals surface area contributed by atoms with E-state index in [0.29, 0.717) is 22.3 Å². The van der Waals surface area contributed by atoms with Gasteiger partial charge < -0.3 is 15.0 Å². The van der Waals surface area contributed by atoms with E-state index in [1.807, 2.05) is 19.1 Å². The number of aromatic nitrogens is 1. The maximum Gasteiger partial charge on any atom is 0.258 e. The monoisotopic (exact) mass is 362 g/mol. The summed E-state index contributed by atoms with van der Waals surface area (Å²) in [6.07, 6.45) is 0. The molecule has 0 fully saturated rings. The van der Waals surface area contributed by atoms with E-state index in [4.69, 9.17) is 27.9 Å². The number of benzene rings is 2. The molecule has 0 unspecified atom stereocenters. The zero-order chi connectivity index (χ0) is 17.1. The smallest absolute Gasteiger partial charge is 0.258 e. The molecule has 124 valence electrons. The molecule has 0 atom stereocenters. The van der Waals surface area contributed by atoms with Gasteiger partial charge in [0.25, 0.3) is 5.91 Å². The van der Waals surface area contributed by atoms with Gasteiger partial charge in [0.15, 0.2) is 6.61 Å². The topological polar surface area (TPSA) is 54.1 Å². The highest BCUT2D eigenvalue weighted by Gasteiger charge is 2.07. The molecule has 0 radical (unpaired) electrons. The molecule has 0 spiro atoms. The van der Waals surface area contributed by atoms with E-state index in [9.17, 15) is 4.79 Å². The van der Waals surface area contributed by atoms with Gasteiger partial charge in [0.2, 0.25) is 0 Å². The summed E-state index contributed by atoms with van der Waals surface area (Å²) in [6, 6.07) is 13.0. The summed E-state index contributed by atoms with van der Waals surface area (Å²) in [5, 5.41) is 4.86. The van der Waals surface area contributed by atoms with Crippen molar-refractivity contribution in [2.45, 2.75) is 13.5 Å². The molecule has 3 rings (SSSR count). The summed E-state index contributed by atoms with van der Waals surface area (Å²) in [5.74, 6) is 0.215. The van der Waals surface area contributed by atoms with E-state index < -0.39 is 0 Å². The van der Waals surface area contributed by atoms with E-state index >= 15 is 0 Å². The Hall–Kier alpha value is -2.17. The number of hydrogen-bond acceptors (Lipinski definition) is 2. The number of H-pyrrole nitrogens is 1. The molecular weight excluding hydrogens is 347 g/mol. The Kier molecular flexibility index (Phi) is 4.97. The highest BCUT2D eigenvalue weighted by molar-refractivity contribution is 6.35. The fourth-order valence-electron chi connectivity index (χ4n) is 2.42. The van der Waals surface area contributed by atoms with E-state index in [0.717, 1.165) is 22.2 Å². The van der Waals surface area contributed by atoms with Crippen LogP contribution in [0.5, 0.6) is 5.75 Å². The van der Waals surface area contributed by atoms with Crippen LogP contribution in [0.1, 0.15) is 11.3 Å². The maximum atomic E-state index is 11.9. The number of hydrogen-bond donors (Lipinski definition) is 2. The normalized spacial score (nSPS) is 10.8. The molecule has 0 aliphatic carbocycles. The van der Waals surface area contributed by atoms with Crippen molar-refractivity contribution in [2.24, 2.45) is 0 Å². The predicted octanol–water partition coefficient (Wildman–Crippen LogP) is 4.48. The van der Waals surface area contributed by atoms with Crippen LogP contribution in [0.15, 0.2) is 42.5 Å². The molecule has 1 amide bonds. The molecule has 24 heavy (non-hydrogen) atoms. The van der Waals surface area contributed by atoms with Gasteiger partial charge in [-0.05, 0) is 54.3 Å². The molecule has 2 N–H and O–H groups in total. The molecule has 0 bridgehead atoms. The number of carbonyl (C=O) groups excluding carboxylic acids is 1. The largest absolute Gasteiger partial charge is 0.482 e. The van der Waals surface area contributed by atoms with Crippen molar-refractivity contribution < 1.29 is 9.53 Å². The SMILES string of the molecule is Cc1cc2cc(CNC(=O)COc3ccc(Cl)cc3Cl)ccc2[nH]1. The molecule has 2 aromatic carbocycles. The van der Waals surface area contributed by atoms with Crippen LogP contribution in [0, 0.1) is 6.92 Å². The van der Waals surface area contributed by atoms with E-state index in [1.54, 1.807) is 18.2 Å². The van der Waals surface area contributed by atoms with Gasteiger partial charge in [-0.25, -0.2) is 0 Å². The molecule has 1 heterocycles. The van der Waals surface area contributed by atoms with Gasteiger partial charge in [0.1, 0.15) is 5.75 Å². The average Bonchev–Trinajstić information content (AvgIpc) is 2.91. The number of aromatic amines is 1. The zero-order valence-electron chi connectivity index (χ0n) is 13.0. The summed E-state index contributed by atoms with van der Waals surface area (Å²) >= 11 is 11.8. The third-order valence-corrected chi connectivity index (χ3v) is 4.09. The number of ether oxygens (including phenoxy) is 1. The van der Waals surface area contributed by atoms with Gasteiger partial charge in [-0.1, -0.05) is 29.3 Å². The molecule has 0 saturated heterocycles. The van der Waals surface area contributed by atoms with Crippen LogP contribution in [-0.2, 0) is 11.3 Å². The van der Waals surface area contributed by atoms with Gasteiger partial charge in [0, 0.05) is 22.8 Å². The van der Waals surface area contributed by atoms with Crippen molar-refractivity contribution in [3.8, 4) is 5.75 Å². The third kappa shape index (κ3) is 4.02. The molecule has 6 heteroatoms. The number of amides is 1. The lowest BCUT2D eigenvalue weighted by atomic mass is 10.1. The van der Waals surface area contributed by atoms with Crippen LogP contribution in [0.25, 0.3) is 10.9 Å². The minimum absolute atomic E-state index is 0.104. The fourth-order valence-corrected chi connectivity index (χ4v) is 2.89. The molecule has 1 aromatic heterocycles. The lowest BCUT2D eigenvalue weighted by Crippen LogP contribution is -2.28. The van der Waals surface area contributed by atoms with Crippen molar-refractivity contribution in [3.63, 3.8) is 0 Å². The second-order valence-corrected chi connectivity index (χ2v) is 6.36.